The zero-order valence-electron chi connectivity index (χ0n) is 22.1. The number of anilines is 1. The van der Waals surface area contributed by atoms with E-state index in [1.807, 2.05) is 12.2 Å². The van der Waals surface area contributed by atoms with E-state index in [4.69, 9.17) is 4.99 Å². The van der Waals surface area contributed by atoms with E-state index in [1.165, 1.54) is 39.0 Å². The van der Waals surface area contributed by atoms with Gasteiger partial charge in [0.05, 0.1) is 5.70 Å². The first kappa shape index (κ1) is 25.1. The van der Waals surface area contributed by atoms with Crippen LogP contribution in [0.25, 0.3) is 22.3 Å². The van der Waals surface area contributed by atoms with Crippen molar-refractivity contribution in [1.82, 2.24) is 4.81 Å². The highest BCUT2D eigenvalue weighted by atomic mass is 15.3. The highest BCUT2D eigenvalue weighted by Crippen LogP contribution is 2.47. The van der Waals surface area contributed by atoms with Gasteiger partial charge in [-0.05, 0) is 59.3 Å². The third kappa shape index (κ3) is 4.08. The van der Waals surface area contributed by atoms with E-state index in [1.54, 1.807) is 18.4 Å². The number of allylic oxidation sites excluding steroid dienone is 6. The lowest BCUT2D eigenvalue weighted by atomic mass is 9.61. The van der Waals surface area contributed by atoms with Crippen molar-refractivity contribution >= 4 is 24.3 Å². The van der Waals surface area contributed by atoms with Gasteiger partial charge in [-0.1, -0.05) is 112 Å². The van der Waals surface area contributed by atoms with Gasteiger partial charge in [0.15, 0.2) is 0 Å². The molecule has 0 spiro atoms. The first-order valence-corrected chi connectivity index (χ1v) is 13.1. The summed E-state index contributed by atoms with van der Waals surface area (Å²) in [5.74, 6) is 0.775. The molecule has 0 atom stereocenters. The van der Waals surface area contributed by atoms with Crippen LogP contribution in [0.1, 0.15) is 19.4 Å². The van der Waals surface area contributed by atoms with E-state index in [0.29, 0.717) is 0 Å². The predicted octanol–water partition coefficient (Wildman–Crippen LogP) is 7.67. The number of hydrogen-bond acceptors (Lipinski definition) is 3. The maximum atomic E-state index is 4.81. The number of benzene rings is 3. The van der Waals surface area contributed by atoms with Gasteiger partial charge in [0.1, 0.15) is 5.82 Å². The minimum Gasteiger partial charge on any atom is -0.360 e. The van der Waals surface area contributed by atoms with Crippen molar-refractivity contribution in [2.24, 2.45) is 4.99 Å². The molecule has 1 fully saturated rings. The van der Waals surface area contributed by atoms with Gasteiger partial charge in [0.25, 0.3) is 0 Å². The van der Waals surface area contributed by atoms with Crippen LogP contribution in [0.2, 0.25) is 0 Å². The predicted molar refractivity (Wildman–Crippen MR) is 165 cm³/mol. The van der Waals surface area contributed by atoms with Crippen molar-refractivity contribution in [3.05, 3.63) is 146 Å². The van der Waals surface area contributed by atoms with Crippen molar-refractivity contribution < 1.29 is 0 Å². The molecule has 0 unspecified atom stereocenters. The Morgan fingerprint density at radius 1 is 0.842 bits per heavy atom. The molecule has 5 rings (SSSR count). The topological polar surface area (TPSA) is 18.8 Å². The maximum absolute atomic E-state index is 4.81. The van der Waals surface area contributed by atoms with Crippen molar-refractivity contribution in [1.29, 1.82) is 0 Å². The van der Waals surface area contributed by atoms with Crippen molar-refractivity contribution in [3.8, 4) is 22.3 Å². The molecule has 0 bridgehead atoms. The van der Waals surface area contributed by atoms with Gasteiger partial charge in [-0.2, -0.15) is 0 Å². The van der Waals surface area contributed by atoms with Gasteiger partial charge in [0, 0.05) is 23.2 Å². The van der Waals surface area contributed by atoms with E-state index in [2.05, 4.69) is 122 Å². The van der Waals surface area contributed by atoms with Crippen LogP contribution >= 0.6 is 0 Å². The molecule has 2 heterocycles. The van der Waals surface area contributed by atoms with Crippen LogP contribution in [0.15, 0.2) is 145 Å². The highest BCUT2D eigenvalue weighted by molar-refractivity contribution is 6.78. The van der Waals surface area contributed by atoms with Gasteiger partial charge < -0.3 is 9.62 Å². The van der Waals surface area contributed by atoms with Crippen molar-refractivity contribution in [2.45, 2.75) is 20.3 Å². The van der Waals surface area contributed by atoms with Crippen LogP contribution in [-0.2, 0) is 6.42 Å². The van der Waals surface area contributed by atoms with E-state index < -0.39 is 0 Å². The molecule has 0 N–H and O–H groups in total. The second kappa shape index (κ2) is 10.8. The molecule has 0 aliphatic carbocycles. The number of aryl methyl sites for hydroxylation is 1. The average molecular weight is 493 g/mol. The van der Waals surface area contributed by atoms with E-state index in [9.17, 15) is 0 Å². The number of nitrogens with zero attached hydrogens (tertiary/aromatic N) is 3. The summed E-state index contributed by atoms with van der Waals surface area (Å²) in [7, 11) is 0. The molecule has 186 valence electrons. The Morgan fingerprint density at radius 2 is 1.55 bits per heavy atom. The minimum atomic E-state index is -0.184. The lowest BCUT2D eigenvalue weighted by molar-refractivity contribution is 0.683. The Morgan fingerprint density at radius 3 is 2.21 bits per heavy atom. The molecule has 0 aromatic heterocycles. The van der Waals surface area contributed by atoms with Crippen LogP contribution in [0.5, 0.6) is 0 Å². The average Bonchev–Trinajstić information content (AvgIpc) is 3.27. The van der Waals surface area contributed by atoms with Gasteiger partial charge >= 0.3 is 6.98 Å². The number of hydrogen-bond donors (Lipinski definition) is 0. The lowest BCUT2D eigenvalue weighted by Gasteiger charge is -2.34. The number of rotatable bonds is 6. The quantitative estimate of drug-likeness (QED) is 0.199. The maximum Gasteiger partial charge on any atom is 0.422 e. The molecule has 38 heavy (non-hydrogen) atoms. The monoisotopic (exact) mass is 493 g/mol. The molecule has 4 heteroatoms. The van der Waals surface area contributed by atoms with Gasteiger partial charge in [-0.25, -0.2) is 4.99 Å². The van der Waals surface area contributed by atoms with Gasteiger partial charge in [-0.3, -0.25) is 0 Å². The summed E-state index contributed by atoms with van der Waals surface area (Å²) in [5.41, 5.74) is 10.7. The highest BCUT2D eigenvalue weighted by Gasteiger charge is 2.48. The smallest absolute Gasteiger partial charge is 0.360 e. The Labute approximate surface area is 227 Å². The molecule has 2 aliphatic heterocycles. The first-order chi connectivity index (χ1) is 18.7. The van der Waals surface area contributed by atoms with Gasteiger partial charge in [-0.15, -0.1) is 0 Å². The molecule has 1 saturated heterocycles. The minimum absolute atomic E-state index is 0.184. The SMILES string of the molecule is C=CC=N/C(=C\C=C)N1B2c3ccccc3-c3ccccc3-c3ccc(CC)cc3N2C(=C/C)/C1=C\C=C. The molecule has 3 aromatic rings. The Hall–Kier alpha value is -4.57. The zero-order chi connectivity index (χ0) is 26.6. The standard InChI is InChI=1S/C34H32BN3/c1-6-15-32-31(10-5)37-33-24-25(9-4)21-22-29(33)27-18-12-11-17-26(27)28-19-13-14-20-30(28)35(37)38(32)34(16-7-2)36-23-8-3/h6-8,10-24H,1-3,9H2,4-5H3/b31-10+,32-15+,34-16+,36-23?. The summed E-state index contributed by atoms with van der Waals surface area (Å²) in [5, 5.41) is 0. The summed E-state index contributed by atoms with van der Waals surface area (Å²) in [4.78, 5) is 9.55. The normalized spacial score (nSPS) is 16.6. The molecular formula is C34H32BN3. The second-order valence-electron chi connectivity index (χ2n) is 9.19. The fraction of sp³-hybridized carbons (Fsp3) is 0.0882. The Bertz CT molecular complexity index is 1540. The summed E-state index contributed by atoms with van der Waals surface area (Å²) >= 11 is 0. The largest absolute Gasteiger partial charge is 0.422 e. The molecular weight excluding hydrogens is 461 g/mol. The molecule has 0 amide bonds. The molecule has 0 radical (unpaired) electrons. The van der Waals surface area contributed by atoms with Crippen LogP contribution in [0.4, 0.5) is 5.69 Å². The molecule has 0 saturated carbocycles. The fourth-order valence-corrected chi connectivity index (χ4v) is 5.54. The van der Waals surface area contributed by atoms with E-state index >= 15 is 0 Å². The molecule has 3 aromatic carbocycles. The summed E-state index contributed by atoms with van der Waals surface area (Å²) in [6.45, 7) is 16.0. The van der Waals surface area contributed by atoms with E-state index in [-0.39, 0.29) is 6.98 Å². The van der Waals surface area contributed by atoms with Crippen LogP contribution in [0, 0.1) is 0 Å². The Kier molecular flexibility index (Phi) is 7.14. The van der Waals surface area contributed by atoms with Crippen LogP contribution < -0.4 is 10.3 Å². The third-order valence-corrected chi connectivity index (χ3v) is 7.12. The van der Waals surface area contributed by atoms with Crippen molar-refractivity contribution in [3.63, 3.8) is 0 Å². The summed E-state index contributed by atoms with van der Waals surface area (Å²) in [6.07, 6.45) is 14.2. The Balaban J connectivity index is 1.95. The second-order valence-corrected chi connectivity index (χ2v) is 9.19. The van der Waals surface area contributed by atoms with Crippen molar-refractivity contribution in [2.75, 3.05) is 4.81 Å². The third-order valence-electron chi connectivity index (χ3n) is 7.12. The van der Waals surface area contributed by atoms with Gasteiger partial charge in [0.2, 0.25) is 0 Å². The molecule has 2 aliphatic rings. The van der Waals surface area contributed by atoms with Crippen LogP contribution in [0.3, 0.4) is 0 Å². The molecule has 3 nitrogen and oxygen atoms in total. The summed E-state index contributed by atoms with van der Waals surface area (Å²) < 4.78 is 0. The zero-order valence-corrected chi connectivity index (χ0v) is 22.1. The van der Waals surface area contributed by atoms with Crippen LogP contribution in [-0.4, -0.2) is 18.0 Å². The van der Waals surface area contributed by atoms with E-state index in [0.717, 1.165) is 23.6 Å². The lowest BCUT2D eigenvalue weighted by Crippen LogP contribution is -2.53. The number of fused-ring (bicyclic) bond motifs is 8. The number of aliphatic imine (C=N–C) groups is 1. The summed E-state index contributed by atoms with van der Waals surface area (Å²) in [6, 6.07) is 24.3. The fourth-order valence-electron chi connectivity index (χ4n) is 5.54. The first-order valence-electron chi connectivity index (χ1n) is 13.1.